The van der Waals surface area contributed by atoms with Crippen LogP contribution in [0.3, 0.4) is 0 Å². The Morgan fingerprint density at radius 3 is 1.91 bits per heavy atom. The van der Waals surface area contributed by atoms with Crippen molar-refractivity contribution in [3.63, 3.8) is 0 Å². The number of thiazole rings is 1. The second-order valence-corrected chi connectivity index (χ2v) is 7.44. The van der Waals surface area contributed by atoms with Gasteiger partial charge in [0.15, 0.2) is 5.13 Å². The van der Waals surface area contributed by atoms with Crippen LogP contribution in [0, 0.1) is 0 Å². The number of alkyl halides is 13. The average molecular weight is 540 g/mol. The lowest BCUT2D eigenvalue weighted by Crippen LogP contribution is -2.71. The van der Waals surface area contributed by atoms with Crippen molar-refractivity contribution in [2.75, 3.05) is 11.9 Å². The van der Waals surface area contributed by atoms with Gasteiger partial charge in [-0.2, -0.15) is 57.1 Å². The number of hydrogen-bond acceptors (Lipinski definition) is 4. The lowest BCUT2D eigenvalue weighted by molar-refractivity contribution is -0.435. The Hall–Kier alpha value is -2.53. The number of nitrogens with zero attached hydrogens (tertiary/aromatic N) is 1. The van der Waals surface area contributed by atoms with Crippen LogP contribution >= 0.6 is 11.3 Å². The SMILES string of the molecule is CCOc1ccc2nc(NC(=O)C(F)(F)C(F)(F)C(F)(F)C(F)(F)C(F)(F)C(F)(F)F)sc2c1. The summed E-state index contributed by atoms with van der Waals surface area (Å²) in [6, 6.07) is 3.75. The highest BCUT2D eigenvalue weighted by molar-refractivity contribution is 7.22. The quantitative estimate of drug-likeness (QED) is 0.396. The molecule has 1 heterocycles. The third kappa shape index (κ3) is 4.08. The van der Waals surface area contributed by atoms with E-state index in [1.54, 1.807) is 6.92 Å². The fraction of sp³-hybridized carbons (Fsp3) is 0.500. The van der Waals surface area contributed by atoms with Crippen LogP contribution in [0.5, 0.6) is 5.75 Å². The number of benzene rings is 1. The summed E-state index contributed by atoms with van der Waals surface area (Å²) in [6.07, 6.45) is -7.53. The highest BCUT2D eigenvalue weighted by Gasteiger charge is 2.91. The van der Waals surface area contributed by atoms with E-state index in [0.717, 1.165) is 5.32 Å². The number of nitrogens with one attached hydrogen (secondary N) is 1. The third-order valence-corrected chi connectivity index (χ3v) is 5.04. The van der Waals surface area contributed by atoms with E-state index in [9.17, 15) is 61.9 Å². The second kappa shape index (κ2) is 8.30. The van der Waals surface area contributed by atoms with Crippen molar-refractivity contribution >= 4 is 32.6 Å². The van der Waals surface area contributed by atoms with Crippen molar-refractivity contribution in [1.82, 2.24) is 4.98 Å². The summed E-state index contributed by atoms with van der Waals surface area (Å²) in [7, 11) is 0. The molecule has 0 aliphatic heterocycles. The highest BCUT2D eigenvalue weighted by atomic mass is 32.1. The van der Waals surface area contributed by atoms with Crippen molar-refractivity contribution < 1.29 is 66.6 Å². The van der Waals surface area contributed by atoms with Crippen LogP contribution in [0.4, 0.5) is 62.2 Å². The van der Waals surface area contributed by atoms with Crippen molar-refractivity contribution in [1.29, 1.82) is 0 Å². The molecule has 4 nitrogen and oxygen atoms in total. The Morgan fingerprint density at radius 2 is 1.41 bits per heavy atom. The molecule has 0 saturated heterocycles. The summed E-state index contributed by atoms with van der Waals surface area (Å²) in [5.41, 5.74) is -0.0551. The molecule has 0 aliphatic carbocycles. The molecule has 34 heavy (non-hydrogen) atoms. The van der Waals surface area contributed by atoms with Crippen molar-refractivity contribution in [2.45, 2.75) is 42.7 Å². The summed E-state index contributed by atoms with van der Waals surface area (Å²) in [5.74, 6) is -41.9. The van der Waals surface area contributed by atoms with E-state index < -0.39 is 46.8 Å². The predicted octanol–water partition coefficient (Wildman–Crippen LogP) is 6.37. The minimum atomic E-state index is -8.09. The molecule has 192 valence electrons. The van der Waals surface area contributed by atoms with Crippen LogP contribution in [0.25, 0.3) is 10.2 Å². The van der Waals surface area contributed by atoms with Gasteiger partial charge in [0.1, 0.15) is 5.75 Å². The molecule has 0 atom stereocenters. The molecular formula is C16H9F13N2O2S. The standard InChI is InChI=1S/C16H9F13N2O2S/c1-2-33-6-3-4-7-8(5-6)34-10(30-7)31-9(32)11(17,18)12(19,20)13(21,22)14(23,24)15(25,26)16(27,28)29/h3-5H,2H2,1H3,(H,30,31,32). The minimum absolute atomic E-state index is 0.0551. The number of rotatable bonds is 8. The number of carbonyl (C=O) groups excluding carboxylic acids is 1. The Kier molecular flexibility index (Phi) is 6.76. The van der Waals surface area contributed by atoms with Crippen LogP contribution in [-0.2, 0) is 4.79 Å². The van der Waals surface area contributed by atoms with Gasteiger partial charge in [0.2, 0.25) is 0 Å². The summed E-state index contributed by atoms with van der Waals surface area (Å²) in [4.78, 5) is 15.0. The Bertz CT molecular complexity index is 1060. The molecule has 2 aromatic rings. The zero-order chi connectivity index (χ0) is 26.5. The molecule has 0 aliphatic rings. The van der Waals surface area contributed by atoms with E-state index in [-0.39, 0.29) is 22.6 Å². The maximum absolute atomic E-state index is 13.9. The Morgan fingerprint density at radius 1 is 0.882 bits per heavy atom. The molecule has 0 radical (unpaired) electrons. The fourth-order valence-corrected chi connectivity index (χ4v) is 3.19. The molecule has 0 unspecified atom stereocenters. The first-order valence-electron chi connectivity index (χ1n) is 8.45. The zero-order valence-corrected chi connectivity index (χ0v) is 16.8. The number of fused-ring (bicyclic) bond motifs is 1. The van der Waals surface area contributed by atoms with Crippen molar-refractivity contribution in [2.24, 2.45) is 0 Å². The number of carbonyl (C=O) groups is 1. The second-order valence-electron chi connectivity index (χ2n) is 6.41. The van der Waals surface area contributed by atoms with Gasteiger partial charge in [0, 0.05) is 0 Å². The van der Waals surface area contributed by atoms with E-state index >= 15 is 0 Å². The van der Waals surface area contributed by atoms with Gasteiger partial charge in [0.05, 0.1) is 16.8 Å². The molecule has 1 amide bonds. The lowest BCUT2D eigenvalue weighted by atomic mass is 9.93. The molecule has 0 fully saturated rings. The molecule has 2 rings (SSSR count). The number of hydrogen-bond donors (Lipinski definition) is 1. The normalized spacial score (nSPS) is 14.4. The number of amides is 1. The molecule has 0 spiro atoms. The first-order chi connectivity index (χ1) is 15.1. The van der Waals surface area contributed by atoms with Crippen LogP contribution in [0.1, 0.15) is 6.92 Å². The zero-order valence-electron chi connectivity index (χ0n) is 16.0. The van der Waals surface area contributed by atoms with Crippen LogP contribution in [0.15, 0.2) is 18.2 Å². The molecular weight excluding hydrogens is 531 g/mol. The minimum Gasteiger partial charge on any atom is -0.494 e. The van der Waals surface area contributed by atoms with E-state index in [0.29, 0.717) is 11.3 Å². The average Bonchev–Trinajstić information content (AvgIpc) is 3.08. The maximum Gasteiger partial charge on any atom is 0.460 e. The molecule has 0 saturated carbocycles. The first kappa shape index (κ1) is 27.7. The molecule has 0 bridgehead atoms. The van der Waals surface area contributed by atoms with Crippen molar-refractivity contribution in [3.8, 4) is 5.75 Å². The molecule has 18 heteroatoms. The maximum atomic E-state index is 13.9. The van der Waals surface area contributed by atoms with Gasteiger partial charge in [-0.25, -0.2) is 4.98 Å². The monoisotopic (exact) mass is 540 g/mol. The summed E-state index contributed by atoms with van der Waals surface area (Å²) in [5, 5.41) is -0.0132. The van der Waals surface area contributed by atoms with Gasteiger partial charge in [0.25, 0.3) is 0 Å². The summed E-state index contributed by atoms with van der Waals surface area (Å²) in [6.45, 7) is 1.77. The fourth-order valence-electron chi connectivity index (χ4n) is 2.30. The number of anilines is 1. The topological polar surface area (TPSA) is 51.2 Å². The van der Waals surface area contributed by atoms with Gasteiger partial charge >= 0.3 is 41.7 Å². The van der Waals surface area contributed by atoms with E-state index in [4.69, 9.17) is 4.74 Å². The van der Waals surface area contributed by atoms with Gasteiger partial charge in [-0.3, -0.25) is 10.1 Å². The lowest BCUT2D eigenvalue weighted by Gasteiger charge is -2.39. The highest BCUT2D eigenvalue weighted by Crippen LogP contribution is 2.60. The van der Waals surface area contributed by atoms with Gasteiger partial charge < -0.3 is 4.74 Å². The van der Waals surface area contributed by atoms with Crippen LogP contribution in [-0.4, -0.2) is 53.3 Å². The smallest absolute Gasteiger partial charge is 0.460 e. The number of halogens is 13. The van der Waals surface area contributed by atoms with E-state index in [2.05, 4.69) is 4.98 Å². The van der Waals surface area contributed by atoms with Crippen LogP contribution < -0.4 is 10.1 Å². The predicted molar refractivity (Wildman–Crippen MR) is 90.2 cm³/mol. The van der Waals surface area contributed by atoms with Crippen LogP contribution in [0.2, 0.25) is 0 Å². The molecule has 1 N–H and O–H groups in total. The van der Waals surface area contributed by atoms with Gasteiger partial charge in [-0.05, 0) is 25.1 Å². The molecule has 1 aromatic carbocycles. The summed E-state index contributed by atoms with van der Waals surface area (Å²) < 4.78 is 176. The number of ether oxygens (including phenoxy) is 1. The Labute approximate surface area is 183 Å². The molecule has 1 aromatic heterocycles. The first-order valence-corrected chi connectivity index (χ1v) is 9.27. The summed E-state index contributed by atoms with van der Waals surface area (Å²) >= 11 is 0.307. The number of aromatic nitrogens is 1. The van der Waals surface area contributed by atoms with E-state index in [1.807, 2.05) is 0 Å². The largest absolute Gasteiger partial charge is 0.494 e. The third-order valence-electron chi connectivity index (χ3n) is 4.11. The van der Waals surface area contributed by atoms with E-state index in [1.165, 1.54) is 18.2 Å². The van der Waals surface area contributed by atoms with Gasteiger partial charge in [-0.15, -0.1) is 0 Å². The van der Waals surface area contributed by atoms with Gasteiger partial charge in [-0.1, -0.05) is 11.3 Å². The Balaban J connectivity index is 2.40. The van der Waals surface area contributed by atoms with Crippen molar-refractivity contribution in [3.05, 3.63) is 18.2 Å².